The van der Waals surface area contributed by atoms with Gasteiger partial charge in [-0.3, -0.25) is 9.80 Å². The number of nitrogens with zero attached hydrogens (tertiary/aromatic N) is 4. The SMILES string of the molecule is Oc1ccc(-c2nn(CN3CCCCC3)c(=S)o2)cc1CN1CCCCC1. The van der Waals surface area contributed by atoms with Crippen LogP contribution in [-0.2, 0) is 13.2 Å². The van der Waals surface area contributed by atoms with Crippen molar-refractivity contribution in [2.75, 3.05) is 26.2 Å². The Morgan fingerprint density at radius 1 is 0.963 bits per heavy atom. The first-order valence-electron chi connectivity index (χ1n) is 10.0. The summed E-state index contributed by atoms with van der Waals surface area (Å²) in [4.78, 5) is 5.16. The standard InChI is InChI=1S/C20H28N4O2S/c25-18-8-7-16(13-17(18)14-22-9-3-1-4-10-22)19-21-24(20(27)26-19)15-23-11-5-2-6-12-23/h7-8,13,25H,1-6,9-12,14-15H2. The van der Waals surface area contributed by atoms with E-state index < -0.39 is 0 Å². The number of likely N-dealkylation sites (tertiary alicyclic amines) is 2. The van der Waals surface area contributed by atoms with E-state index in [1.807, 2.05) is 12.1 Å². The van der Waals surface area contributed by atoms with Crippen molar-refractivity contribution in [3.8, 4) is 17.2 Å². The molecule has 4 rings (SSSR count). The molecule has 1 N–H and O–H groups in total. The number of hydrogen-bond donors (Lipinski definition) is 1. The van der Waals surface area contributed by atoms with Gasteiger partial charge in [-0.1, -0.05) is 12.8 Å². The minimum atomic E-state index is 0.329. The van der Waals surface area contributed by atoms with Gasteiger partial charge in [-0.15, -0.1) is 5.10 Å². The molecule has 0 aliphatic carbocycles. The summed E-state index contributed by atoms with van der Waals surface area (Å²) in [6.07, 6.45) is 7.54. The molecule has 2 saturated heterocycles. The molecule has 1 aromatic heterocycles. The zero-order chi connectivity index (χ0) is 18.6. The number of aromatic nitrogens is 2. The van der Waals surface area contributed by atoms with Crippen molar-refractivity contribution in [3.63, 3.8) is 0 Å². The monoisotopic (exact) mass is 388 g/mol. The molecular formula is C20H28N4O2S. The summed E-state index contributed by atoms with van der Waals surface area (Å²) in [6, 6.07) is 5.56. The van der Waals surface area contributed by atoms with Crippen LogP contribution in [0.4, 0.5) is 0 Å². The fourth-order valence-electron chi connectivity index (χ4n) is 4.01. The number of hydrogen-bond acceptors (Lipinski definition) is 6. The fourth-order valence-corrected chi connectivity index (χ4v) is 4.18. The molecule has 2 aromatic rings. The van der Waals surface area contributed by atoms with Gasteiger partial charge < -0.3 is 9.52 Å². The Hall–Kier alpha value is -1.70. The first-order chi connectivity index (χ1) is 13.2. The molecule has 146 valence electrons. The molecule has 3 heterocycles. The maximum absolute atomic E-state index is 10.3. The Balaban J connectivity index is 1.51. The van der Waals surface area contributed by atoms with Crippen LogP contribution in [0.5, 0.6) is 5.75 Å². The van der Waals surface area contributed by atoms with E-state index in [0.29, 0.717) is 23.1 Å². The molecule has 0 unspecified atom stereocenters. The predicted octanol–water partition coefficient (Wildman–Crippen LogP) is 4.01. The molecule has 2 aliphatic rings. The highest BCUT2D eigenvalue weighted by molar-refractivity contribution is 7.71. The normalized spacial score (nSPS) is 19.4. The Kier molecular flexibility index (Phi) is 5.90. The van der Waals surface area contributed by atoms with Gasteiger partial charge in [-0.25, -0.2) is 4.68 Å². The van der Waals surface area contributed by atoms with E-state index in [9.17, 15) is 5.11 Å². The van der Waals surface area contributed by atoms with Crippen molar-refractivity contribution in [1.82, 2.24) is 19.6 Å². The number of phenolic OH excluding ortho intramolecular Hbond substituents is 1. The quantitative estimate of drug-likeness (QED) is 0.781. The van der Waals surface area contributed by atoms with Crippen LogP contribution in [0.25, 0.3) is 11.5 Å². The summed E-state index contributed by atoms with van der Waals surface area (Å²) in [5.41, 5.74) is 1.78. The van der Waals surface area contributed by atoms with Crippen LogP contribution in [0.1, 0.15) is 44.1 Å². The lowest BCUT2D eigenvalue weighted by atomic mass is 10.1. The molecule has 0 amide bonds. The summed E-state index contributed by atoms with van der Waals surface area (Å²) in [7, 11) is 0. The van der Waals surface area contributed by atoms with Gasteiger partial charge in [-0.05, 0) is 82.3 Å². The number of benzene rings is 1. The van der Waals surface area contributed by atoms with Crippen LogP contribution in [0, 0.1) is 4.84 Å². The van der Waals surface area contributed by atoms with Gasteiger partial charge in [-0.2, -0.15) is 0 Å². The van der Waals surface area contributed by atoms with Gasteiger partial charge in [0.1, 0.15) is 5.75 Å². The van der Waals surface area contributed by atoms with E-state index in [-0.39, 0.29) is 0 Å². The van der Waals surface area contributed by atoms with E-state index >= 15 is 0 Å². The number of rotatable bonds is 5. The van der Waals surface area contributed by atoms with Crippen LogP contribution in [0.2, 0.25) is 0 Å². The number of piperidine rings is 2. The van der Waals surface area contributed by atoms with Crippen LogP contribution in [0.3, 0.4) is 0 Å². The number of aromatic hydroxyl groups is 1. The van der Waals surface area contributed by atoms with Gasteiger partial charge >= 0.3 is 0 Å². The Bertz CT molecular complexity index is 820. The van der Waals surface area contributed by atoms with Crippen molar-refractivity contribution < 1.29 is 9.52 Å². The molecule has 2 aliphatic heterocycles. The summed E-state index contributed by atoms with van der Waals surface area (Å²) in [5, 5.41) is 14.9. The molecule has 0 radical (unpaired) electrons. The van der Waals surface area contributed by atoms with Gasteiger partial charge in [0.2, 0.25) is 5.89 Å². The van der Waals surface area contributed by atoms with E-state index in [1.54, 1.807) is 10.7 Å². The first-order valence-corrected chi connectivity index (χ1v) is 10.4. The third-order valence-corrected chi connectivity index (χ3v) is 5.85. The van der Waals surface area contributed by atoms with Gasteiger partial charge in [0.25, 0.3) is 4.84 Å². The maximum atomic E-state index is 10.3. The fraction of sp³-hybridized carbons (Fsp3) is 0.600. The lowest BCUT2D eigenvalue weighted by Crippen LogP contribution is -2.32. The van der Waals surface area contributed by atoms with Crippen molar-refractivity contribution in [2.24, 2.45) is 0 Å². The van der Waals surface area contributed by atoms with Crippen LogP contribution < -0.4 is 0 Å². The number of phenols is 1. The minimum Gasteiger partial charge on any atom is -0.508 e. The lowest BCUT2D eigenvalue weighted by molar-refractivity contribution is 0.170. The smallest absolute Gasteiger partial charge is 0.288 e. The average molecular weight is 389 g/mol. The highest BCUT2D eigenvalue weighted by Gasteiger charge is 2.17. The molecule has 6 nitrogen and oxygen atoms in total. The lowest BCUT2D eigenvalue weighted by Gasteiger charge is -2.26. The highest BCUT2D eigenvalue weighted by atomic mass is 32.1. The average Bonchev–Trinajstić information content (AvgIpc) is 3.06. The zero-order valence-electron chi connectivity index (χ0n) is 15.8. The van der Waals surface area contributed by atoms with Gasteiger partial charge in [0.15, 0.2) is 0 Å². The Labute approximate surface area is 165 Å². The first kappa shape index (κ1) is 18.7. The molecule has 0 spiro atoms. The summed E-state index contributed by atoms with van der Waals surface area (Å²) >= 11 is 5.38. The van der Waals surface area contributed by atoms with Crippen LogP contribution >= 0.6 is 12.2 Å². The second-order valence-corrected chi connectivity index (χ2v) is 8.02. The van der Waals surface area contributed by atoms with Crippen molar-refractivity contribution in [1.29, 1.82) is 0 Å². The third-order valence-electron chi connectivity index (χ3n) is 5.56. The largest absolute Gasteiger partial charge is 0.508 e. The summed E-state index contributed by atoms with van der Waals surface area (Å²) in [6.45, 7) is 5.80. The van der Waals surface area contributed by atoms with Gasteiger partial charge in [0, 0.05) is 17.7 Å². The van der Waals surface area contributed by atoms with E-state index in [2.05, 4.69) is 14.9 Å². The molecule has 2 fully saturated rings. The van der Waals surface area contributed by atoms with Gasteiger partial charge in [0.05, 0.1) is 6.67 Å². The predicted molar refractivity (Wildman–Crippen MR) is 107 cm³/mol. The summed E-state index contributed by atoms with van der Waals surface area (Å²) < 4.78 is 7.54. The summed E-state index contributed by atoms with van der Waals surface area (Å²) in [5.74, 6) is 0.854. The minimum absolute atomic E-state index is 0.329. The third kappa shape index (κ3) is 4.59. The molecule has 0 saturated carbocycles. The van der Waals surface area contributed by atoms with Crippen molar-refractivity contribution >= 4 is 12.2 Å². The Morgan fingerprint density at radius 2 is 1.63 bits per heavy atom. The van der Waals surface area contributed by atoms with E-state index in [0.717, 1.165) is 43.9 Å². The maximum Gasteiger partial charge on any atom is 0.288 e. The molecule has 0 atom stereocenters. The second kappa shape index (κ2) is 8.54. The van der Waals surface area contributed by atoms with Crippen LogP contribution in [0.15, 0.2) is 22.6 Å². The van der Waals surface area contributed by atoms with Crippen molar-refractivity contribution in [2.45, 2.75) is 51.7 Å². The topological polar surface area (TPSA) is 57.7 Å². The van der Waals surface area contributed by atoms with E-state index in [1.165, 1.54) is 38.5 Å². The highest BCUT2D eigenvalue weighted by Crippen LogP contribution is 2.27. The molecule has 27 heavy (non-hydrogen) atoms. The van der Waals surface area contributed by atoms with Crippen LogP contribution in [-0.4, -0.2) is 50.9 Å². The second-order valence-electron chi connectivity index (χ2n) is 7.67. The molecular weight excluding hydrogens is 360 g/mol. The molecule has 1 aromatic carbocycles. The van der Waals surface area contributed by atoms with Crippen molar-refractivity contribution in [3.05, 3.63) is 28.6 Å². The Morgan fingerprint density at radius 3 is 2.33 bits per heavy atom. The molecule has 0 bridgehead atoms. The zero-order valence-corrected chi connectivity index (χ0v) is 16.6. The van der Waals surface area contributed by atoms with E-state index in [4.69, 9.17) is 16.6 Å². The molecule has 7 heteroatoms.